The van der Waals surface area contributed by atoms with E-state index in [4.69, 9.17) is 16.3 Å². The molecule has 0 saturated carbocycles. The molecule has 0 saturated heterocycles. The number of halogens is 1. The molecule has 100 valence electrons. The quantitative estimate of drug-likeness (QED) is 0.833. The Morgan fingerprint density at radius 2 is 2.22 bits per heavy atom. The highest BCUT2D eigenvalue weighted by Gasteiger charge is 2.08. The van der Waals surface area contributed by atoms with Crippen molar-refractivity contribution in [2.45, 2.75) is 19.9 Å². The van der Waals surface area contributed by atoms with Crippen molar-refractivity contribution in [3.63, 3.8) is 0 Å². The molecule has 0 aliphatic rings. The van der Waals surface area contributed by atoms with Crippen molar-refractivity contribution in [1.29, 1.82) is 0 Å². The standard InChI is InChI=1S/C13H19ClN2O2/c1-9(8-18-3)16-13(17)7-15-12-6-4-5-11(14)10(12)2/h4-6,9,15H,7-8H2,1-3H3,(H,16,17). The number of hydrogen-bond donors (Lipinski definition) is 2. The minimum Gasteiger partial charge on any atom is -0.383 e. The smallest absolute Gasteiger partial charge is 0.239 e. The third-order valence-electron chi connectivity index (χ3n) is 2.53. The van der Waals surface area contributed by atoms with Crippen LogP contribution in [0.1, 0.15) is 12.5 Å². The molecular formula is C13H19ClN2O2. The maximum atomic E-state index is 11.6. The van der Waals surface area contributed by atoms with Crippen LogP contribution in [0.5, 0.6) is 0 Å². The van der Waals surface area contributed by atoms with Crippen molar-refractivity contribution >= 4 is 23.2 Å². The Hall–Kier alpha value is -1.26. The number of nitrogens with one attached hydrogen (secondary N) is 2. The largest absolute Gasteiger partial charge is 0.383 e. The van der Waals surface area contributed by atoms with E-state index >= 15 is 0 Å². The summed E-state index contributed by atoms with van der Waals surface area (Å²) < 4.78 is 4.95. The highest BCUT2D eigenvalue weighted by molar-refractivity contribution is 6.31. The van der Waals surface area contributed by atoms with Gasteiger partial charge in [-0.2, -0.15) is 0 Å². The summed E-state index contributed by atoms with van der Waals surface area (Å²) in [7, 11) is 1.61. The van der Waals surface area contributed by atoms with Gasteiger partial charge in [0.2, 0.25) is 5.91 Å². The maximum absolute atomic E-state index is 11.6. The first-order valence-corrected chi connectivity index (χ1v) is 6.19. The Balaban J connectivity index is 2.45. The first-order chi connectivity index (χ1) is 8.54. The van der Waals surface area contributed by atoms with Crippen LogP contribution >= 0.6 is 11.6 Å². The molecule has 0 fully saturated rings. The number of rotatable bonds is 6. The van der Waals surface area contributed by atoms with Gasteiger partial charge in [0.25, 0.3) is 0 Å². The lowest BCUT2D eigenvalue weighted by Gasteiger charge is -2.14. The molecule has 0 aromatic heterocycles. The highest BCUT2D eigenvalue weighted by atomic mass is 35.5. The van der Waals surface area contributed by atoms with E-state index in [0.29, 0.717) is 11.6 Å². The Bertz CT molecular complexity index is 410. The number of methoxy groups -OCH3 is 1. The number of ether oxygens (including phenoxy) is 1. The van der Waals surface area contributed by atoms with E-state index in [1.54, 1.807) is 7.11 Å². The second-order valence-electron chi connectivity index (χ2n) is 4.19. The monoisotopic (exact) mass is 270 g/mol. The summed E-state index contributed by atoms with van der Waals surface area (Å²) in [6, 6.07) is 5.57. The minimum atomic E-state index is -0.0704. The summed E-state index contributed by atoms with van der Waals surface area (Å²) in [6.07, 6.45) is 0. The summed E-state index contributed by atoms with van der Waals surface area (Å²) in [5, 5.41) is 6.58. The van der Waals surface area contributed by atoms with Gasteiger partial charge in [0, 0.05) is 23.9 Å². The third-order valence-corrected chi connectivity index (χ3v) is 2.94. The molecule has 0 bridgehead atoms. The van der Waals surface area contributed by atoms with Gasteiger partial charge in [0.1, 0.15) is 0 Å². The third kappa shape index (κ3) is 4.55. The van der Waals surface area contributed by atoms with Gasteiger partial charge in [0.05, 0.1) is 13.2 Å². The Kier molecular flexibility index (Phi) is 5.95. The van der Waals surface area contributed by atoms with Crippen LogP contribution in [-0.4, -0.2) is 32.2 Å². The average molecular weight is 271 g/mol. The second-order valence-corrected chi connectivity index (χ2v) is 4.60. The van der Waals surface area contributed by atoms with Crippen molar-refractivity contribution < 1.29 is 9.53 Å². The molecule has 0 aliphatic heterocycles. The van der Waals surface area contributed by atoms with E-state index in [1.165, 1.54) is 0 Å². The second kappa shape index (κ2) is 7.24. The van der Waals surface area contributed by atoms with Gasteiger partial charge in [-0.05, 0) is 31.5 Å². The zero-order chi connectivity index (χ0) is 13.5. The van der Waals surface area contributed by atoms with Crippen molar-refractivity contribution in [3.05, 3.63) is 28.8 Å². The Morgan fingerprint density at radius 3 is 2.89 bits per heavy atom. The molecule has 18 heavy (non-hydrogen) atoms. The summed E-state index contributed by atoms with van der Waals surface area (Å²) in [4.78, 5) is 11.6. The predicted octanol–water partition coefficient (Wildman–Crippen LogP) is 2.21. The molecule has 1 atom stereocenters. The lowest BCUT2D eigenvalue weighted by Crippen LogP contribution is -2.39. The predicted molar refractivity (Wildman–Crippen MR) is 74.2 cm³/mol. The Morgan fingerprint density at radius 1 is 1.50 bits per heavy atom. The van der Waals surface area contributed by atoms with Crippen LogP contribution in [0, 0.1) is 6.92 Å². The average Bonchev–Trinajstić information content (AvgIpc) is 2.31. The lowest BCUT2D eigenvalue weighted by atomic mass is 10.2. The number of amides is 1. The van der Waals surface area contributed by atoms with Gasteiger partial charge in [-0.15, -0.1) is 0 Å². The van der Waals surface area contributed by atoms with Crippen molar-refractivity contribution in [2.24, 2.45) is 0 Å². The summed E-state index contributed by atoms with van der Waals surface area (Å²) in [6.45, 7) is 4.53. The van der Waals surface area contributed by atoms with Gasteiger partial charge in [0.15, 0.2) is 0 Å². The number of anilines is 1. The first-order valence-electron chi connectivity index (χ1n) is 5.82. The number of carbonyl (C=O) groups excluding carboxylic acids is 1. The molecule has 1 rings (SSSR count). The van der Waals surface area contributed by atoms with Crippen molar-refractivity contribution in [3.8, 4) is 0 Å². The van der Waals surface area contributed by atoms with Crippen LogP contribution in [0.4, 0.5) is 5.69 Å². The van der Waals surface area contributed by atoms with Crippen LogP contribution in [0.3, 0.4) is 0 Å². The van der Waals surface area contributed by atoms with Crippen LogP contribution in [0.2, 0.25) is 5.02 Å². The number of hydrogen-bond acceptors (Lipinski definition) is 3. The SMILES string of the molecule is COCC(C)NC(=O)CNc1cccc(Cl)c1C. The molecular weight excluding hydrogens is 252 g/mol. The molecule has 4 nitrogen and oxygen atoms in total. The fourth-order valence-electron chi connectivity index (χ4n) is 1.59. The van der Waals surface area contributed by atoms with Crippen LogP contribution < -0.4 is 10.6 Å². The molecule has 0 radical (unpaired) electrons. The van der Waals surface area contributed by atoms with Crippen molar-refractivity contribution in [1.82, 2.24) is 5.32 Å². The van der Waals surface area contributed by atoms with Gasteiger partial charge < -0.3 is 15.4 Å². The highest BCUT2D eigenvalue weighted by Crippen LogP contribution is 2.22. The van der Waals surface area contributed by atoms with Crippen LogP contribution in [-0.2, 0) is 9.53 Å². The molecule has 0 heterocycles. The number of benzene rings is 1. The zero-order valence-corrected chi connectivity index (χ0v) is 11.7. The fraction of sp³-hybridized carbons (Fsp3) is 0.462. The van der Waals surface area contributed by atoms with Crippen LogP contribution in [0.25, 0.3) is 0 Å². The number of carbonyl (C=O) groups is 1. The van der Waals surface area contributed by atoms with Crippen molar-refractivity contribution in [2.75, 3.05) is 25.6 Å². The maximum Gasteiger partial charge on any atom is 0.239 e. The van der Waals surface area contributed by atoms with E-state index < -0.39 is 0 Å². The minimum absolute atomic E-state index is 0.00441. The summed E-state index contributed by atoms with van der Waals surface area (Å²) in [5.41, 5.74) is 1.81. The normalized spacial score (nSPS) is 12.0. The Labute approximate surface area is 113 Å². The van der Waals surface area contributed by atoms with E-state index in [0.717, 1.165) is 11.3 Å². The van der Waals surface area contributed by atoms with E-state index in [9.17, 15) is 4.79 Å². The molecule has 1 unspecified atom stereocenters. The summed E-state index contributed by atoms with van der Waals surface area (Å²) in [5.74, 6) is -0.0704. The molecule has 0 spiro atoms. The topological polar surface area (TPSA) is 50.4 Å². The van der Waals surface area contributed by atoms with E-state index in [2.05, 4.69) is 10.6 Å². The zero-order valence-electron chi connectivity index (χ0n) is 10.9. The molecule has 2 N–H and O–H groups in total. The fourth-order valence-corrected chi connectivity index (χ4v) is 1.77. The summed E-state index contributed by atoms with van der Waals surface area (Å²) >= 11 is 6.00. The molecule has 0 aliphatic carbocycles. The van der Waals surface area contributed by atoms with Gasteiger partial charge in [-0.25, -0.2) is 0 Å². The molecule has 1 amide bonds. The van der Waals surface area contributed by atoms with E-state index in [-0.39, 0.29) is 18.5 Å². The molecule has 5 heteroatoms. The van der Waals surface area contributed by atoms with Gasteiger partial charge >= 0.3 is 0 Å². The lowest BCUT2D eigenvalue weighted by molar-refractivity contribution is -0.120. The van der Waals surface area contributed by atoms with Gasteiger partial charge in [-0.3, -0.25) is 4.79 Å². The van der Waals surface area contributed by atoms with E-state index in [1.807, 2.05) is 32.0 Å². The van der Waals surface area contributed by atoms with Gasteiger partial charge in [-0.1, -0.05) is 17.7 Å². The molecule has 1 aromatic rings. The first kappa shape index (κ1) is 14.8. The molecule has 1 aromatic carbocycles. The van der Waals surface area contributed by atoms with Crippen LogP contribution in [0.15, 0.2) is 18.2 Å².